The standard InChI is InChI=1S/C23H47O6/c1-7-11-14-16-20-28-23(26-17-10-4,27-19-15-12-8-2)22(24,29-21(5)6)25-18-13-9-3/h21H,7-20H2,1-6H3. The molecule has 6 nitrogen and oxygen atoms in total. The summed E-state index contributed by atoms with van der Waals surface area (Å²) in [4.78, 5) is 0. The second-order valence-electron chi connectivity index (χ2n) is 7.79. The van der Waals surface area contributed by atoms with E-state index in [1.807, 2.05) is 13.8 Å². The minimum atomic E-state index is -2.39. The van der Waals surface area contributed by atoms with Crippen LogP contribution in [-0.4, -0.2) is 44.5 Å². The van der Waals surface area contributed by atoms with Crippen molar-refractivity contribution < 1.29 is 28.8 Å². The lowest BCUT2D eigenvalue weighted by atomic mass is 10.2. The first-order chi connectivity index (χ1) is 13.9. The van der Waals surface area contributed by atoms with Gasteiger partial charge in [-0.15, -0.1) is 0 Å². The Morgan fingerprint density at radius 1 is 0.586 bits per heavy atom. The van der Waals surface area contributed by atoms with E-state index in [2.05, 4.69) is 13.8 Å². The first-order valence-corrected chi connectivity index (χ1v) is 11.8. The van der Waals surface area contributed by atoms with Crippen LogP contribution in [0.25, 0.3) is 0 Å². The molecule has 0 N–H and O–H groups in total. The Morgan fingerprint density at radius 3 is 1.59 bits per heavy atom. The van der Waals surface area contributed by atoms with Crippen LogP contribution in [0.15, 0.2) is 0 Å². The van der Waals surface area contributed by atoms with E-state index in [4.69, 9.17) is 23.7 Å². The van der Waals surface area contributed by atoms with Gasteiger partial charge in [0.1, 0.15) is 0 Å². The predicted molar refractivity (Wildman–Crippen MR) is 115 cm³/mol. The maximum Gasteiger partial charge on any atom is 0.397 e. The van der Waals surface area contributed by atoms with Crippen molar-refractivity contribution in [2.45, 2.75) is 124 Å². The molecule has 6 heteroatoms. The smallest absolute Gasteiger partial charge is 0.321 e. The van der Waals surface area contributed by atoms with E-state index < -0.39 is 11.9 Å². The Balaban J connectivity index is 5.58. The van der Waals surface area contributed by atoms with Gasteiger partial charge in [0.2, 0.25) is 0 Å². The molecule has 0 aliphatic rings. The molecule has 0 aliphatic heterocycles. The summed E-state index contributed by atoms with van der Waals surface area (Å²) in [6, 6.07) is 0. The number of ether oxygens (including phenoxy) is 5. The molecule has 0 saturated carbocycles. The van der Waals surface area contributed by atoms with Crippen LogP contribution in [0.2, 0.25) is 0 Å². The molecule has 175 valence electrons. The normalized spacial score (nSPS) is 16.1. The van der Waals surface area contributed by atoms with E-state index in [1.54, 1.807) is 13.8 Å². The fourth-order valence-corrected chi connectivity index (χ4v) is 2.78. The van der Waals surface area contributed by atoms with Crippen molar-refractivity contribution in [1.29, 1.82) is 0 Å². The minimum absolute atomic E-state index is 0.265. The third kappa shape index (κ3) is 11.7. The van der Waals surface area contributed by atoms with Crippen molar-refractivity contribution in [3.8, 4) is 0 Å². The highest BCUT2D eigenvalue weighted by Crippen LogP contribution is 2.35. The van der Waals surface area contributed by atoms with E-state index in [9.17, 15) is 5.11 Å². The van der Waals surface area contributed by atoms with Gasteiger partial charge in [-0.2, -0.15) is 5.11 Å². The topological polar surface area (TPSA) is 66.1 Å². The second kappa shape index (κ2) is 17.4. The molecule has 0 aromatic carbocycles. The summed E-state index contributed by atoms with van der Waals surface area (Å²) >= 11 is 0. The lowest BCUT2D eigenvalue weighted by Gasteiger charge is -2.43. The monoisotopic (exact) mass is 419 g/mol. The number of hydrogen-bond donors (Lipinski definition) is 0. The third-order valence-corrected chi connectivity index (χ3v) is 4.38. The molecule has 0 aromatic rings. The number of unbranched alkanes of at least 4 members (excludes halogenated alkanes) is 6. The van der Waals surface area contributed by atoms with Crippen LogP contribution in [0.3, 0.4) is 0 Å². The summed E-state index contributed by atoms with van der Waals surface area (Å²) in [5, 5.41) is 13.9. The largest absolute Gasteiger partial charge is 0.397 e. The molecule has 2 atom stereocenters. The average molecular weight is 420 g/mol. The molecule has 1 radical (unpaired) electrons. The van der Waals surface area contributed by atoms with Crippen molar-refractivity contribution in [3.63, 3.8) is 0 Å². The van der Waals surface area contributed by atoms with E-state index in [0.29, 0.717) is 19.8 Å². The lowest BCUT2D eigenvalue weighted by Crippen LogP contribution is -2.63. The van der Waals surface area contributed by atoms with Gasteiger partial charge in [0.15, 0.2) is 0 Å². The third-order valence-electron chi connectivity index (χ3n) is 4.38. The zero-order valence-corrected chi connectivity index (χ0v) is 19.9. The minimum Gasteiger partial charge on any atom is -0.321 e. The maximum atomic E-state index is 13.9. The number of rotatable bonds is 21. The van der Waals surface area contributed by atoms with Crippen molar-refractivity contribution in [2.75, 3.05) is 26.4 Å². The van der Waals surface area contributed by atoms with E-state index >= 15 is 0 Å². The molecule has 29 heavy (non-hydrogen) atoms. The van der Waals surface area contributed by atoms with Gasteiger partial charge in [-0.25, -0.2) is 0 Å². The van der Waals surface area contributed by atoms with Crippen LogP contribution in [0.5, 0.6) is 0 Å². The van der Waals surface area contributed by atoms with Crippen LogP contribution in [-0.2, 0) is 28.8 Å². The summed E-state index contributed by atoms with van der Waals surface area (Å²) in [6.07, 6.45) is 9.04. The highest BCUT2D eigenvalue weighted by Gasteiger charge is 2.61. The highest BCUT2D eigenvalue weighted by atomic mass is 17.0. The van der Waals surface area contributed by atoms with E-state index in [-0.39, 0.29) is 12.7 Å². The molecule has 0 heterocycles. The fourth-order valence-electron chi connectivity index (χ4n) is 2.78. The average Bonchev–Trinajstić information content (AvgIpc) is 2.68. The molecule has 0 aliphatic carbocycles. The summed E-state index contributed by atoms with van der Waals surface area (Å²) < 4.78 is 29.5. The van der Waals surface area contributed by atoms with Crippen molar-refractivity contribution in [3.05, 3.63) is 0 Å². The van der Waals surface area contributed by atoms with Gasteiger partial charge in [-0.3, -0.25) is 0 Å². The first-order valence-electron chi connectivity index (χ1n) is 11.8. The summed E-state index contributed by atoms with van der Waals surface area (Å²) in [5.41, 5.74) is 0. The highest BCUT2D eigenvalue weighted by molar-refractivity contribution is 4.74. The van der Waals surface area contributed by atoms with Crippen LogP contribution in [0, 0.1) is 0 Å². The second-order valence-corrected chi connectivity index (χ2v) is 7.79. The molecule has 0 spiro atoms. The summed E-state index contributed by atoms with van der Waals surface area (Å²) in [7, 11) is 0. The van der Waals surface area contributed by atoms with Gasteiger partial charge >= 0.3 is 11.9 Å². The zero-order valence-electron chi connectivity index (χ0n) is 19.9. The van der Waals surface area contributed by atoms with E-state index in [1.165, 1.54) is 0 Å². The first kappa shape index (κ1) is 28.8. The number of hydrogen-bond acceptors (Lipinski definition) is 5. The van der Waals surface area contributed by atoms with Gasteiger partial charge in [-0.1, -0.05) is 66.2 Å². The fraction of sp³-hybridized carbons (Fsp3) is 1.00. The van der Waals surface area contributed by atoms with Gasteiger partial charge in [0, 0.05) is 0 Å². The molecule has 0 saturated heterocycles. The van der Waals surface area contributed by atoms with Crippen LogP contribution in [0.4, 0.5) is 0 Å². The zero-order chi connectivity index (χ0) is 22.0. The Bertz CT molecular complexity index is 365. The van der Waals surface area contributed by atoms with Crippen molar-refractivity contribution in [1.82, 2.24) is 0 Å². The van der Waals surface area contributed by atoms with Gasteiger partial charge in [-0.05, 0) is 39.5 Å². The van der Waals surface area contributed by atoms with Crippen molar-refractivity contribution in [2.24, 2.45) is 0 Å². The molecule has 0 aromatic heterocycles. The van der Waals surface area contributed by atoms with Gasteiger partial charge in [0.25, 0.3) is 0 Å². The molecule has 0 rings (SSSR count). The van der Waals surface area contributed by atoms with Crippen LogP contribution >= 0.6 is 0 Å². The quantitative estimate of drug-likeness (QED) is 0.164. The SMILES string of the molecule is CCCCCCOC(OCCC)(OCCCCC)C([O])(OCCCC)OC(C)C. The molecule has 0 bridgehead atoms. The Labute approximate surface area is 179 Å². The molecule has 2 unspecified atom stereocenters. The molecule has 0 fully saturated rings. The maximum absolute atomic E-state index is 13.9. The Morgan fingerprint density at radius 2 is 1.07 bits per heavy atom. The predicted octanol–water partition coefficient (Wildman–Crippen LogP) is 6.20. The van der Waals surface area contributed by atoms with Gasteiger partial charge < -0.3 is 23.7 Å². The molecular formula is C23H47O6. The lowest BCUT2D eigenvalue weighted by molar-refractivity contribution is -0.571. The Hall–Kier alpha value is -0.240. The summed E-state index contributed by atoms with van der Waals surface area (Å²) in [5.74, 6) is -4.30. The van der Waals surface area contributed by atoms with Crippen LogP contribution < -0.4 is 0 Å². The summed E-state index contributed by atoms with van der Waals surface area (Å²) in [6.45, 7) is 13.2. The molecular weight excluding hydrogens is 372 g/mol. The van der Waals surface area contributed by atoms with E-state index in [0.717, 1.165) is 64.2 Å². The van der Waals surface area contributed by atoms with Crippen molar-refractivity contribution >= 4 is 0 Å². The van der Waals surface area contributed by atoms with Crippen LogP contribution in [0.1, 0.15) is 106 Å². The molecule has 0 amide bonds. The van der Waals surface area contributed by atoms with Gasteiger partial charge in [0.05, 0.1) is 32.5 Å². The Kier molecular flexibility index (Phi) is 17.3.